The number of hydrogen-bond acceptors (Lipinski definition) is 5. The normalized spacial score (nSPS) is 21.3. The number of fused-ring (bicyclic) bond motifs is 1. The largest absolute Gasteiger partial charge is 0.482 e. The molecule has 1 amide bonds. The van der Waals surface area contributed by atoms with Crippen LogP contribution in [-0.4, -0.2) is 52.0 Å². The molecule has 0 aromatic heterocycles. The van der Waals surface area contributed by atoms with E-state index >= 15 is 0 Å². The van der Waals surface area contributed by atoms with Crippen LogP contribution in [0, 0.1) is 5.92 Å². The second-order valence-electron chi connectivity index (χ2n) is 6.79. The molecule has 138 valence electrons. The van der Waals surface area contributed by atoms with Crippen molar-refractivity contribution >= 4 is 21.6 Å². The summed E-state index contributed by atoms with van der Waals surface area (Å²) < 4.78 is 32.8. The van der Waals surface area contributed by atoms with Crippen molar-refractivity contribution in [3.05, 3.63) is 18.2 Å². The molecule has 25 heavy (non-hydrogen) atoms. The quantitative estimate of drug-likeness (QED) is 0.743. The Morgan fingerprint density at radius 1 is 1.40 bits per heavy atom. The number of piperidine rings is 1. The standard InChI is InChI=1S/C17H25N3O4S/c1-13-4-2-8-20(11-13)9-3-7-18-25(22,23)14-5-6-15-16(10-14)24-12-17(21)19-15/h5-6,10,13,18H,2-4,7-9,11-12H2,1H3,(H,19,21). The van der Waals surface area contributed by atoms with E-state index in [9.17, 15) is 13.2 Å². The number of likely N-dealkylation sites (tertiary alicyclic amines) is 1. The summed E-state index contributed by atoms with van der Waals surface area (Å²) in [5, 5.41) is 2.65. The van der Waals surface area contributed by atoms with Crippen LogP contribution in [-0.2, 0) is 14.8 Å². The minimum absolute atomic E-state index is 0.0990. The van der Waals surface area contributed by atoms with E-state index in [1.165, 1.54) is 25.0 Å². The van der Waals surface area contributed by atoms with Crippen LogP contribution in [0.5, 0.6) is 5.75 Å². The zero-order chi connectivity index (χ0) is 17.9. The highest BCUT2D eigenvalue weighted by Gasteiger charge is 2.21. The monoisotopic (exact) mass is 367 g/mol. The topological polar surface area (TPSA) is 87.7 Å². The van der Waals surface area contributed by atoms with Crippen molar-refractivity contribution in [3.63, 3.8) is 0 Å². The van der Waals surface area contributed by atoms with Crippen LogP contribution in [0.3, 0.4) is 0 Å². The van der Waals surface area contributed by atoms with Crippen molar-refractivity contribution in [2.75, 3.05) is 38.1 Å². The summed E-state index contributed by atoms with van der Waals surface area (Å²) in [4.78, 5) is 13.8. The Labute approximate surface area is 148 Å². The fraction of sp³-hybridized carbons (Fsp3) is 0.588. The van der Waals surface area contributed by atoms with Gasteiger partial charge in [-0.1, -0.05) is 6.92 Å². The minimum atomic E-state index is -3.58. The van der Waals surface area contributed by atoms with E-state index in [0.29, 0.717) is 18.0 Å². The molecule has 2 aliphatic heterocycles. The van der Waals surface area contributed by atoms with Gasteiger partial charge in [-0.3, -0.25) is 4.79 Å². The average molecular weight is 367 g/mol. The van der Waals surface area contributed by atoms with Crippen LogP contribution in [0.15, 0.2) is 23.1 Å². The highest BCUT2D eigenvalue weighted by Crippen LogP contribution is 2.30. The molecular formula is C17H25N3O4S. The number of carbonyl (C=O) groups is 1. The third kappa shape index (κ3) is 4.71. The molecule has 2 aliphatic rings. The number of nitrogens with one attached hydrogen (secondary N) is 2. The Bertz CT molecular complexity index is 735. The zero-order valence-electron chi connectivity index (χ0n) is 14.5. The van der Waals surface area contributed by atoms with Gasteiger partial charge in [-0.2, -0.15) is 0 Å². The maximum Gasteiger partial charge on any atom is 0.262 e. The van der Waals surface area contributed by atoms with Gasteiger partial charge in [0.2, 0.25) is 10.0 Å². The number of hydrogen-bond donors (Lipinski definition) is 2. The number of anilines is 1. The molecule has 0 saturated carbocycles. The highest BCUT2D eigenvalue weighted by atomic mass is 32.2. The first-order chi connectivity index (χ1) is 11.9. The highest BCUT2D eigenvalue weighted by molar-refractivity contribution is 7.89. The fourth-order valence-electron chi connectivity index (χ4n) is 3.30. The molecule has 2 heterocycles. The third-order valence-corrected chi connectivity index (χ3v) is 6.04. The number of rotatable bonds is 6. The number of carbonyl (C=O) groups excluding carboxylic acids is 1. The Balaban J connectivity index is 1.52. The Kier molecular flexibility index (Phi) is 5.61. The van der Waals surface area contributed by atoms with Crippen molar-refractivity contribution < 1.29 is 17.9 Å². The lowest BCUT2D eigenvalue weighted by molar-refractivity contribution is -0.118. The van der Waals surface area contributed by atoms with Crippen LogP contribution in [0.2, 0.25) is 0 Å². The molecule has 1 unspecified atom stereocenters. The minimum Gasteiger partial charge on any atom is -0.482 e. The summed E-state index contributed by atoms with van der Waals surface area (Å²) in [7, 11) is -3.58. The van der Waals surface area contributed by atoms with Gasteiger partial charge in [-0.15, -0.1) is 0 Å². The summed E-state index contributed by atoms with van der Waals surface area (Å²) in [5.74, 6) is 0.861. The Hall–Kier alpha value is -1.64. The van der Waals surface area contributed by atoms with Crippen molar-refractivity contribution in [2.24, 2.45) is 5.92 Å². The first kappa shape index (κ1) is 18.2. The lowest BCUT2D eigenvalue weighted by Gasteiger charge is -2.30. The van der Waals surface area contributed by atoms with E-state index in [1.54, 1.807) is 6.07 Å². The SMILES string of the molecule is CC1CCCN(CCCNS(=O)(=O)c2ccc3c(c2)OCC(=O)N3)C1. The molecule has 1 aromatic carbocycles. The maximum absolute atomic E-state index is 12.4. The van der Waals surface area contributed by atoms with Crippen LogP contribution < -0.4 is 14.8 Å². The summed E-state index contributed by atoms with van der Waals surface area (Å²) in [6.45, 7) is 5.67. The van der Waals surface area contributed by atoms with Crippen molar-refractivity contribution in [3.8, 4) is 5.75 Å². The van der Waals surface area contributed by atoms with Crippen LogP contribution >= 0.6 is 0 Å². The van der Waals surface area contributed by atoms with Gasteiger partial charge in [0.1, 0.15) is 5.75 Å². The number of amides is 1. The molecule has 0 radical (unpaired) electrons. The molecule has 0 spiro atoms. The van der Waals surface area contributed by atoms with Gasteiger partial charge in [0.15, 0.2) is 6.61 Å². The number of ether oxygens (including phenoxy) is 1. The molecule has 2 N–H and O–H groups in total. The Morgan fingerprint density at radius 2 is 2.24 bits per heavy atom. The molecule has 1 aromatic rings. The summed E-state index contributed by atoms with van der Waals surface area (Å²) in [5.41, 5.74) is 0.495. The predicted molar refractivity (Wildman–Crippen MR) is 95.2 cm³/mol. The van der Waals surface area contributed by atoms with Crippen molar-refractivity contribution in [1.82, 2.24) is 9.62 Å². The lowest BCUT2D eigenvalue weighted by Crippen LogP contribution is -2.36. The van der Waals surface area contributed by atoms with E-state index < -0.39 is 10.0 Å². The molecular weight excluding hydrogens is 342 g/mol. The van der Waals surface area contributed by atoms with Gasteiger partial charge in [-0.05, 0) is 50.4 Å². The second kappa shape index (κ2) is 7.72. The van der Waals surface area contributed by atoms with Crippen LogP contribution in [0.25, 0.3) is 0 Å². The molecule has 8 heteroatoms. The van der Waals surface area contributed by atoms with Gasteiger partial charge in [0.05, 0.1) is 10.6 Å². The van der Waals surface area contributed by atoms with Gasteiger partial charge < -0.3 is 15.0 Å². The van der Waals surface area contributed by atoms with Gasteiger partial charge in [0.25, 0.3) is 5.91 Å². The van der Waals surface area contributed by atoms with E-state index in [0.717, 1.165) is 32.0 Å². The number of benzene rings is 1. The maximum atomic E-state index is 12.4. The summed E-state index contributed by atoms with van der Waals surface area (Å²) >= 11 is 0. The first-order valence-corrected chi connectivity index (χ1v) is 10.2. The van der Waals surface area contributed by atoms with Crippen molar-refractivity contribution in [1.29, 1.82) is 0 Å². The van der Waals surface area contributed by atoms with Gasteiger partial charge >= 0.3 is 0 Å². The van der Waals surface area contributed by atoms with E-state index in [1.807, 2.05) is 0 Å². The summed E-state index contributed by atoms with van der Waals surface area (Å²) in [6.07, 6.45) is 3.28. The molecule has 7 nitrogen and oxygen atoms in total. The predicted octanol–water partition coefficient (Wildman–Crippen LogP) is 1.42. The molecule has 1 atom stereocenters. The molecule has 1 saturated heterocycles. The molecule has 0 bridgehead atoms. The molecule has 1 fully saturated rings. The molecule has 0 aliphatic carbocycles. The smallest absolute Gasteiger partial charge is 0.262 e. The third-order valence-electron chi connectivity index (χ3n) is 4.58. The number of sulfonamides is 1. The molecule has 3 rings (SSSR count). The van der Waals surface area contributed by atoms with Crippen LogP contribution in [0.1, 0.15) is 26.2 Å². The average Bonchev–Trinajstić information content (AvgIpc) is 2.58. The van der Waals surface area contributed by atoms with Gasteiger partial charge in [0, 0.05) is 19.2 Å². The van der Waals surface area contributed by atoms with E-state index in [4.69, 9.17) is 4.74 Å². The van der Waals surface area contributed by atoms with Gasteiger partial charge in [-0.25, -0.2) is 13.1 Å². The van der Waals surface area contributed by atoms with Crippen molar-refractivity contribution in [2.45, 2.75) is 31.1 Å². The Morgan fingerprint density at radius 3 is 3.04 bits per heavy atom. The second-order valence-corrected chi connectivity index (χ2v) is 8.56. The number of nitrogens with zero attached hydrogens (tertiary/aromatic N) is 1. The summed E-state index contributed by atoms with van der Waals surface area (Å²) in [6, 6.07) is 4.47. The lowest BCUT2D eigenvalue weighted by atomic mass is 10.0. The first-order valence-electron chi connectivity index (χ1n) is 8.73. The van der Waals surface area contributed by atoms with E-state index in [2.05, 4.69) is 21.9 Å². The fourth-order valence-corrected chi connectivity index (χ4v) is 4.39. The van der Waals surface area contributed by atoms with E-state index in [-0.39, 0.29) is 17.4 Å². The van der Waals surface area contributed by atoms with Crippen LogP contribution in [0.4, 0.5) is 5.69 Å². The zero-order valence-corrected chi connectivity index (χ0v) is 15.3.